The van der Waals surface area contributed by atoms with E-state index in [0.717, 1.165) is 22.0 Å². The van der Waals surface area contributed by atoms with Crippen LogP contribution in [0.3, 0.4) is 0 Å². The van der Waals surface area contributed by atoms with Crippen LogP contribution in [0, 0.1) is 5.82 Å². The fourth-order valence-electron chi connectivity index (χ4n) is 1.88. The first kappa shape index (κ1) is 15.9. The van der Waals surface area contributed by atoms with Crippen LogP contribution in [0.2, 0.25) is 0 Å². The Morgan fingerprint density at radius 1 is 1.05 bits per heavy atom. The Morgan fingerprint density at radius 2 is 1.67 bits per heavy atom. The summed E-state index contributed by atoms with van der Waals surface area (Å²) in [5, 5.41) is 0. The zero-order chi connectivity index (χ0) is 15.2. The van der Waals surface area contributed by atoms with E-state index in [0.29, 0.717) is 0 Å². The minimum absolute atomic E-state index is 0.0619. The third kappa shape index (κ3) is 5.06. The molecule has 0 aliphatic rings. The predicted octanol–water partition coefficient (Wildman–Crippen LogP) is 4.41. The lowest BCUT2D eigenvalue weighted by molar-refractivity contribution is 0.242. The van der Waals surface area contributed by atoms with Crippen LogP contribution in [0.25, 0.3) is 0 Å². The van der Waals surface area contributed by atoms with Crippen molar-refractivity contribution in [2.75, 3.05) is 5.75 Å². The number of rotatable bonds is 6. The second kappa shape index (κ2) is 7.48. The number of ether oxygens (including phenoxy) is 1. The quantitative estimate of drug-likeness (QED) is 0.803. The normalized spacial score (nSPS) is 12.4. The molecular weight excluding hydrogens is 285 g/mol. The Balaban J connectivity index is 1.90. The third-order valence-corrected chi connectivity index (χ3v) is 4.05. The monoisotopic (exact) mass is 305 g/mol. The molecule has 2 aromatic rings. The van der Waals surface area contributed by atoms with Gasteiger partial charge in [0.15, 0.2) is 0 Å². The molecule has 0 radical (unpaired) electrons. The van der Waals surface area contributed by atoms with Gasteiger partial charge in [0.1, 0.15) is 11.6 Å². The minimum Gasteiger partial charge on any atom is -0.491 e. The van der Waals surface area contributed by atoms with Gasteiger partial charge in [0.05, 0.1) is 6.10 Å². The first-order valence-corrected chi connectivity index (χ1v) is 7.93. The Kier molecular flexibility index (Phi) is 5.65. The zero-order valence-corrected chi connectivity index (χ0v) is 13.1. The van der Waals surface area contributed by atoms with E-state index >= 15 is 0 Å². The average molecular weight is 305 g/mol. The van der Waals surface area contributed by atoms with Crippen molar-refractivity contribution >= 4 is 11.8 Å². The van der Waals surface area contributed by atoms with Gasteiger partial charge in [-0.1, -0.05) is 12.1 Å². The maximum Gasteiger partial charge on any atom is 0.123 e. The highest BCUT2D eigenvalue weighted by molar-refractivity contribution is 7.99. The van der Waals surface area contributed by atoms with Gasteiger partial charge < -0.3 is 10.5 Å². The summed E-state index contributed by atoms with van der Waals surface area (Å²) < 4.78 is 18.4. The second-order valence-corrected chi connectivity index (χ2v) is 6.20. The molecule has 0 aromatic heterocycles. The van der Waals surface area contributed by atoms with Gasteiger partial charge in [0.2, 0.25) is 0 Å². The summed E-state index contributed by atoms with van der Waals surface area (Å²) in [7, 11) is 0. The SMILES string of the molecule is CC(C)Oc1ccc(C(N)CSc2ccc(F)cc2)cc1. The van der Waals surface area contributed by atoms with Crippen LogP contribution in [-0.4, -0.2) is 11.9 Å². The number of benzene rings is 2. The highest BCUT2D eigenvalue weighted by atomic mass is 32.2. The van der Waals surface area contributed by atoms with Crippen LogP contribution in [0.5, 0.6) is 5.75 Å². The van der Waals surface area contributed by atoms with Crippen LogP contribution in [0.1, 0.15) is 25.5 Å². The lowest BCUT2D eigenvalue weighted by Gasteiger charge is -2.14. The van der Waals surface area contributed by atoms with Crippen molar-refractivity contribution in [1.82, 2.24) is 0 Å². The molecule has 2 aromatic carbocycles. The summed E-state index contributed by atoms with van der Waals surface area (Å²) in [6.07, 6.45) is 0.165. The molecular formula is C17H20FNOS. The first-order chi connectivity index (χ1) is 10.0. The van der Waals surface area contributed by atoms with Crippen molar-refractivity contribution in [2.24, 2.45) is 5.73 Å². The highest BCUT2D eigenvalue weighted by Gasteiger charge is 2.07. The lowest BCUT2D eigenvalue weighted by atomic mass is 10.1. The van der Waals surface area contributed by atoms with E-state index in [1.54, 1.807) is 23.9 Å². The van der Waals surface area contributed by atoms with Gasteiger partial charge in [-0.15, -0.1) is 11.8 Å². The standard InChI is InChI=1S/C17H20FNOS/c1-12(2)20-15-7-3-13(4-8-15)17(19)11-21-16-9-5-14(18)6-10-16/h3-10,12,17H,11,19H2,1-2H3. The molecule has 0 saturated carbocycles. The summed E-state index contributed by atoms with van der Waals surface area (Å²) in [5.41, 5.74) is 7.26. The molecule has 0 aliphatic heterocycles. The van der Waals surface area contributed by atoms with Crippen LogP contribution in [0.15, 0.2) is 53.4 Å². The van der Waals surface area contributed by atoms with Gasteiger partial charge >= 0.3 is 0 Å². The van der Waals surface area contributed by atoms with E-state index in [9.17, 15) is 4.39 Å². The summed E-state index contributed by atoms with van der Waals surface area (Å²) >= 11 is 1.62. The summed E-state index contributed by atoms with van der Waals surface area (Å²) in [4.78, 5) is 1.02. The van der Waals surface area contributed by atoms with Gasteiger partial charge in [0.25, 0.3) is 0 Å². The van der Waals surface area contributed by atoms with E-state index < -0.39 is 0 Å². The van der Waals surface area contributed by atoms with Gasteiger partial charge in [-0.2, -0.15) is 0 Å². The van der Waals surface area contributed by atoms with E-state index in [4.69, 9.17) is 10.5 Å². The summed E-state index contributed by atoms with van der Waals surface area (Å²) in [6.45, 7) is 4.00. The molecule has 2 rings (SSSR count). The average Bonchev–Trinajstić information content (AvgIpc) is 2.46. The van der Waals surface area contributed by atoms with Crippen LogP contribution in [0.4, 0.5) is 4.39 Å². The van der Waals surface area contributed by atoms with E-state index in [1.165, 1.54) is 12.1 Å². The van der Waals surface area contributed by atoms with Crippen molar-refractivity contribution in [3.63, 3.8) is 0 Å². The third-order valence-electron chi connectivity index (χ3n) is 2.92. The molecule has 1 unspecified atom stereocenters. The number of nitrogens with two attached hydrogens (primary N) is 1. The summed E-state index contributed by atoms with van der Waals surface area (Å²) in [6, 6.07) is 14.3. The van der Waals surface area contributed by atoms with Crippen molar-refractivity contribution in [3.05, 3.63) is 59.9 Å². The van der Waals surface area contributed by atoms with Gasteiger partial charge in [0, 0.05) is 16.7 Å². The number of thioether (sulfide) groups is 1. The highest BCUT2D eigenvalue weighted by Crippen LogP contribution is 2.25. The first-order valence-electron chi connectivity index (χ1n) is 6.95. The van der Waals surface area contributed by atoms with E-state index in [1.807, 2.05) is 38.1 Å². The number of hydrogen-bond donors (Lipinski definition) is 1. The molecule has 112 valence electrons. The fraction of sp³-hybridized carbons (Fsp3) is 0.294. The zero-order valence-electron chi connectivity index (χ0n) is 12.3. The van der Waals surface area contributed by atoms with Crippen LogP contribution >= 0.6 is 11.8 Å². The Bertz CT molecular complexity index is 554. The van der Waals surface area contributed by atoms with Crippen molar-refractivity contribution in [1.29, 1.82) is 0 Å². The lowest BCUT2D eigenvalue weighted by Crippen LogP contribution is -2.13. The molecule has 0 amide bonds. The molecule has 4 heteroatoms. The molecule has 0 fully saturated rings. The molecule has 1 atom stereocenters. The van der Waals surface area contributed by atoms with Crippen LogP contribution in [-0.2, 0) is 0 Å². The Labute approximate surface area is 129 Å². The smallest absolute Gasteiger partial charge is 0.123 e. The molecule has 2 nitrogen and oxygen atoms in total. The largest absolute Gasteiger partial charge is 0.491 e. The van der Waals surface area contributed by atoms with E-state index in [-0.39, 0.29) is 18.0 Å². The summed E-state index contributed by atoms with van der Waals surface area (Å²) in [5.74, 6) is 1.38. The number of halogens is 1. The maximum absolute atomic E-state index is 12.8. The molecule has 21 heavy (non-hydrogen) atoms. The van der Waals surface area contributed by atoms with Gasteiger partial charge in [-0.3, -0.25) is 0 Å². The second-order valence-electron chi connectivity index (χ2n) is 5.11. The molecule has 0 heterocycles. The Morgan fingerprint density at radius 3 is 2.24 bits per heavy atom. The fourth-order valence-corrected chi connectivity index (χ4v) is 2.77. The van der Waals surface area contributed by atoms with E-state index in [2.05, 4.69) is 0 Å². The van der Waals surface area contributed by atoms with Crippen molar-refractivity contribution in [3.8, 4) is 5.75 Å². The Hall–Kier alpha value is -1.52. The molecule has 0 bridgehead atoms. The minimum atomic E-state index is -0.218. The topological polar surface area (TPSA) is 35.2 Å². The molecule has 2 N–H and O–H groups in total. The predicted molar refractivity (Wildman–Crippen MR) is 86.3 cm³/mol. The molecule has 0 spiro atoms. The number of hydrogen-bond acceptors (Lipinski definition) is 3. The van der Waals surface area contributed by atoms with Gasteiger partial charge in [-0.05, 0) is 55.8 Å². The van der Waals surface area contributed by atoms with Crippen LogP contribution < -0.4 is 10.5 Å². The van der Waals surface area contributed by atoms with Gasteiger partial charge in [-0.25, -0.2) is 4.39 Å². The van der Waals surface area contributed by atoms with Crippen molar-refractivity contribution in [2.45, 2.75) is 30.9 Å². The van der Waals surface area contributed by atoms with Crippen molar-refractivity contribution < 1.29 is 9.13 Å². The maximum atomic E-state index is 12.8. The molecule has 0 aliphatic carbocycles. The molecule has 0 saturated heterocycles.